The van der Waals surface area contributed by atoms with Crippen molar-refractivity contribution in [2.24, 2.45) is 21.8 Å². The van der Waals surface area contributed by atoms with E-state index in [1.165, 1.54) is 14.2 Å². The monoisotopic (exact) mass is 924 g/mol. The summed E-state index contributed by atoms with van der Waals surface area (Å²) in [5.74, 6) is 1.72. The van der Waals surface area contributed by atoms with Gasteiger partial charge in [-0.3, -0.25) is 19.6 Å². The maximum Gasteiger partial charge on any atom is 0.407 e. The molecular weight excluding hydrogens is 865 g/mol. The van der Waals surface area contributed by atoms with E-state index in [1.54, 1.807) is 7.11 Å². The van der Waals surface area contributed by atoms with Crippen LogP contribution in [0.1, 0.15) is 100 Å². The van der Waals surface area contributed by atoms with Gasteiger partial charge in [0.25, 0.3) is 0 Å². The molecule has 5 atom stereocenters. The largest absolute Gasteiger partial charge is 0.497 e. The number of hydrogen-bond acceptors (Lipinski definition) is 11. The van der Waals surface area contributed by atoms with Crippen molar-refractivity contribution in [3.63, 3.8) is 0 Å². The first-order valence-corrected chi connectivity index (χ1v) is 23.6. The zero-order valence-electron chi connectivity index (χ0n) is 39.8. The minimum atomic E-state index is -0.700. The standard InChI is InChI=1S/C53H60N6O9/c1-29(2)47(56-52(62)65-6)50(60)58-19-9-13-42(58)40-22-34(26-54-40)31-16-18-38-44(24-31)67-28-39-37-17-15-32(25-45(37)68-49(46(38)39)33-11-8-12-36(21-33)64-5)35-23-41(55-27-35)43-14-10-20-59(43)51(61)48(30(3)4)57-53(63)66-7/h8,11-12,15-18,21,24-27,29-30,42-43,47-49H,9-10,13-14,19-20,22-23,28H2,1-7H3,(H,56,62)(H,57,63)/t42-,43-,47-,48-,49?/m0/s1. The summed E-state index contributed by atoms with van der Waals surface area (Å²) in [6, 6.07) is 18.9. The minimum absolute atomic E-state index is 0.117. The Bertz CT molecular complexity index is 2680. The molecule has 0 radical (unpaired) electrons. The Balaban J connectivity index is 0.951. The number of likely N-dealkylation sites (tertiary alicyclic amines) is 2. The highest BCUT2D eigenvalue weighted by Gasteiger charge is 2.41. The van der Waals surface area contributed by atoms with Crippen LogP contribution in [0.25, 0.3) is 22.3 Å². The first-order valence-electron chi connectivity index (χ1n) is 23.6. The lowest BCUT2D eigenvalue weighted by molar-refractivity contribution is -0.134. The van der Waals surface area contributed by atoms with E-state index in [1.807, 2.05) is 68.1 Å². The van der Waals surface area contributed by atoms with Crippen molar-refractivity contribution >= 4 is 57.7 Å². The van der Waals surface area contributed by atoms with Gasteiger partial charge in [0.05, 0.1) is 33.4 Å². The molecule has 6 heterocycles. The van der Waals surface area contributed by atoms with E-state index in [2.05, 4.69) is 53.1 Å². The second-order valence-electron chi connectivity index (χ2n) is 18.9. The molecule has 0 spiro atoms. The van der Waals surface area contributed by atoms with E-state index in [-0.39, 0.29) is 35.7 Å². The predicted molar refractivity (Wildman–Crippen MR) is 259 cm³/mol. The third-order valence-corrected chi connectivity index (χ3v) is 14.1. The number of rotatable bonds is 12. The molecule has 2 saturated heterocycles. The van der Waals surface area contributed by atoms with Gasteiger partial charge in [-0.1, -0.05) is 64.1 Å². The molecule has 2 fully saturated rings. The summed E-state index contributed by atoms with van der Waals surface area (Å²) in [4.78, 5) is 65.4. The molecule has 68 heavy (non-hydrogen) atoms. The number of hydrogen-bond donors (Lipinski definition) is 2. The summed E-state index contributed by atoms with van der Waals surface area (Å²) >= 11 is 0. The van der Waals surface area contributed by atoms with Crippen LogP contribution in [0.4, 0.5) is 9.59 Å². The van der Waals surface area contributed by atoms with Crippen LogP contribution in [-0.2, 0) is 19.1 Å². The molecule has 6 aliphatic rings. The van der Waals surface area contributed by atoms with Crippen LogP contribution in [0.15, 0.2) is 83.0 Å². The molecule has 15 heteroatoms. The number of nitrogens with zero attached hydrogens (tertiary/aromatic N) is 4. The molecule has 0 aliphatic carbocycles. The van der Waals surface area contributed by atoms with Gasteiger partial charge in [0, 0.05) is 77.6 Å². The highest BCUT2D eigenvalue weighted by atomic mass is 16.5. The summed E-state index contributed by atoms with van der Waals surface area (Å²) in [6.07, 6.45) is 6.58. The lowest BCUT2D eigenvalue weighted by atomic mass is 9.82. The Morgan fingerprint density at radius 3 is 1.76 bits per heavy atom. The summed E-state index contributed by atoms with van der Waals surface area (Å²) in [5.41, 5.74) is 10.8. The Kier molecular flexibility index (Phi) is 13.2. The molecule has 2 N–H and O–H groups in total. The topological polar surface area (TPSA) is 170 Å². The SMILES string of the molecule is COC(=O)N[C@H](C(=O)N1CCC[C@H]1C1=NC=C(c2ccc3c(c2)OC(c2cccc(OC)c2)C2=C3COc3cc(C4=CN=C([C@@H]5CCCN5C(=O)[C@@H](NC(=O)OC)C(C)C)C4)ccc32)C1)C(C)C. The summed E-state index contributed by atoms with van der Waals surface area (Å²) in [5, 5.41) is 5.47. The van der Waals surface area contributed by atoms with Gasteiger partial charge in [0.1, 0.15) is 35.9 Å². The average Bonchev–Trinajstić information content (AvgIpc) is 4.21. The number of aliphatic imine (C=N–C) groups is 2. The highest BCUT2D eigenvalue weighted by molar-refractivity contribution is 6.06. The first kappa shape index (κ1) is 46.2. The first-order chi connectivity index (χ1) is 32.9. The molecule has 0 aromatic heterocycles. The van der Waals surface area contributed by atoms with Crippen molar-refractivity contribution in [3.8, 4) is 17.2 Å². The van der Waals surface area contributed by atoms with Gasteiger partial charge in [0.2, 0.25) is 11.8 Å². The van der Waals surface area contributed by atoms with Crippen LogP contribution < -0.4 is 24.8 Å². The van der Waals surface area contributed by atoms with Gasteiger partial charge < -0.3 is 44.1 Å². The zero-order valence-corrected chi connectivity index (χ0v) is 39.8. The Morgan fingerprint density at radius 2 is 1.24 bits per heavy atom. The number of alkyl carbamates (subject to hydrolysis) is 2. The quantitative estimate of drug-likeness (QED) is 0.182. The van der Waals surface area contributed by atoms with Crippen molar-refractivity contribution in [2.75, 3.05) is 41.0 Å². The van der Waals surface area contributed by atoms with E-state index in [9.17, 15) is 19.2 Å². The van der Waals surface area contributed by atoms with Crippen LogP contribution in [0.5, 0.6) is 17.2 Å². The number of methoxy groups -OCH3 is 3. The van der Waals surface area contributed by atoms with Crippen LogP contribution in [0.2, 0.25) is 0 Å². The molecule has 0 bridgehead atoms. The molecule has 1 unspecified atom stereocenters. The normalized spacial score (nSPS) is 21.3. The maximum absolute atomic E-state index is 13.8. The number of benzene rings is 3. The van der Waals surface area contributed by atoms with Gasteiger partial charge in [0.15, 0.2) is 6.10 Å². The van der Waals surface area contributed by atoms with Crippen molar-refractivity contribution in [2.45, 2.75) is 96.5 Å². The fraction of sp³-hybridized carbons (Fsp3) is 0.434. The summed E-state index contributed by atoms with van der Waals surface area (Å²) in [6.45, 7) is 9.19. The fourth-order valence-electron chi connectivity index (χ4n) is 10.4. The number of nitrogens with one attached hydrogen (secondary N) is 2. The van der Waals surface area contributed by atoms with Crippen molar-refractivity contribution < 1.29 is 42.9 Å². The Hall–Kier alpha value is -6.90. The Labute approximate surface area is 397 Å². The molecule has 4 amide bonds. The molecule has 0 saturated carbocycles. The molecule has 3 aromatic carbocycles. The molecule has 9 rings (SSSR count). The van der Waals surface area contributed by atoms with Crippen LogP contribution in [-0.4, -0.2) is 110 Å². The number of ether oxygens (including phenoxy) is 5. The predicted octanol–water partition coefficient (Wildman–Crippen LogP) is 8.25. The van der Waals surface area contributed by atoms with E-state index in [0.717, 1.165) is 104 Å². The number of fused-ring (bicyclic) bond motifs is 4. The third-order valence-electron chi connectivity index (χ3n) is 14.1. The number of carbonyl (C=O) groups is 4. The number of amides is 4. The number of carbonyl (C=O) groups excluding carboxylic acids is 4. The second kappa shape index (κ2) is 19.4. The maximum atomic E-state index is 13.8. The average molecular weight is 925 g/mol. The van der Waals surface area contributed by atoms with Crippen LogP contribution in [0, 0.1) is 11.8 Å². The van der Waals surface area contributed by atoms with Gasteiger partial charge in [-0.05, 0) is 84.1 Å². The van der Waals surface area contributed by atoms with Crippen molar-refractivity contribution in [1.29, 1.82) is 0 Å². The van der Waals surface area contributed by atoms with E-state index in [0.29, 0.717) is 32.5 Å². The smallest absolute Gasteiger partial charge is 0.407 e. The highest BCUT2D eigenvalue weighted by Crippen LogP contribution is 2.52. The molecule has 356 valence electrons. The summed E-state index contributed by atoms with van der Waals surface area (Å²) < 4.78 is 29.0. The van der Waals surface area contributed by atoms with Crippen molar-refractivity contribution in [1.82, 2.24) is 20.4 Å². The molecule has 3 aromatic rings. The molecular formula is C53H60N6O9. The fourth-order valence-corrected chi connectivity index (χ4v) is 10.4. The number of allylic oxidation sites excluding steroid dienone is 2. The van der Waals surface area contributed by atoms with E-state index >= 15 is 0 Å². The molecule has 15 nitrogen and oxygen atoms in total. The second-order valence-corrected chi connectivity index (χ2v) is 18.9. The zero-order chi connectivity index (χ0) is 47.8. The van der Waals surface area contributed by atoms with Crippen molar-refractivity contribution in [3.05, 3.63) is 101 Å². The lowest BCUT2D eigenvalue weighted by Gasteiger charge is -2.36. The van der Waals surface area contributed by atoms with E-state index < -0.39 is 30.4 Å². The van der Waals surface area contributed by atoms with Gasteiger partial charge in [-0.15, -0.1) is 0 Å². The minimum Gasteiger partial charge on any atom is -0.497 e. The van der Waals surface area contributed by atoms with Crippen LogP contribution in [0.3, 0.4) is 0 Å². The Morgan fingerprint density at radius 1 is 0.691 bits per heavy atom. The van der Waals surface area contributed by atoms with Gasteiger partial charge in [-0.25, -0.2) is 9.59 Å². The lowest BCUT2D eigenvalue weighted by Crippen LogP contribution is -2.53. The van der Waals surface area contributed by atoms with Gasteiger partial charge >= 0.3 is 12.2 Å². The van der Waals surface area contributed by atoms with E-state index in [4.69, 9.17) is 33.7 Å². The van der Waals surface area contributed by atoms with Gasteiger partial charge in [-0.2, -0.15) is 0 Å². The third kappa shape index (κ3) is 8.85. The summed E-state index contributed by atoms with van der Waals surface area (Å²) in [7, 11) is 4.25. The van der Waals surface area contributed by atoms with Crippen LogP contribution >= 0.6 is 0 Å². The molecule has 6 aliphatic heterocycles.